The summed E-state index contributed by atoms with van der Waals surface area (Å²) < 4.78 is 4.76. The number of anilines is 2. The van der Waals surface area contributed by atoms with E-state index in [1.165, 1.54) is 13.3 Å². The number of hydrogen-bond donors (Lipinski definition) is 2. The van der Waals surface area contributed by atoms with Gasteiger partial charge in [-0.15, -0.1) is 0 Å². The average Bonchev–Trinajstić information content (AvgIpc) is 3.36. The molecule has 1 fully saturated rings. The van der Waals surface area contributed by atoms with Crippen LogP contribution in [0, 0.1) is 0 Å². The predicted molar refractivity (Wildman–Crippen MR) is 147 cm³/mol. The minimum atomic E-state index is -0.836. The predicted octanol–water partition coefficient (Wildman–Crippen LogP) is 4.39. The highest BCUT2D eigenvalue weighted by molar-refractivity contribution is 6.30. The highest BCUT2D eigenvalue weighted by Crippen LogP contribution is 2.33. The van der Waals surface area contributed by atoms with Gasteiger partial charge in [-0.25, -0.2) is 14.8 Å². The number of halogens is 1. The van der Waals surface area contributed by atoms with Gasteiger partial charge < -0.3 is 15.4 Å². The fraction of sp³-hybridized carbons (Fsp3) is 0.321. The zero-order valence-corrected chi connectivity index (χ0v) is 22.0. The van der Waals surface area contributed by atoms with Crippen LogP contribution in [-0.4, -0.2) is 53.3 Å². The smallest absolute Gasteiger partial charge is 0.328 e. The second-order valence-corrected chi connectivity index (χ2v) is 9.90. The second-order valence-electron chi connectivity index (χ2n) is 9.46. The molecule has 2 aromatic carbocycles. The Labute approximate surface area is 226 Å². The maximum absolute atomic E-state index is 13.3. The molecule has 0 radical (unpaired) electrons. The number of nitrogens with zero attached hydrogens (tertiary/aromatic N) is 4. The van der Waals surface area contributed by atoms with Crippen molar-refractivity contribution in [1.29, 1.82) is 0 Å². The second kappa shape index (κ2) is 11.2. The number of esters is 1. The van der Waals surface area contributed by atoms with Crippen molar-refractivity contribution in [2.75, 3.05) is 24.0 Å². The summed E-state index contributed by atoms with van der Waals surface area (Å²) in [6.45, 7) is 2.03. The number of carbonyl (C=O) groups excluding carboxylic acids is 2. The van der Waals surface area contributed by atoms with Crippen LogP contribution in [0.4, 0.5) is 11.8 Å². The van der Waals surface area contributed by atoms with E-state index >= 15 is 0 Å². The van der Waals surface area contributed by atoms with Crippen molar-refractivity contribution in [3.05, 3.63) is 82.5 Å². The minimum Gasteiger partial charge on any atom is -0.467 e. The molecule has 1 aliphatic heterocycles. The lowest BCUT2D eigenvalue weighted by Gasteiger charge is -2.27. The van der Waals surface area contributed by atoms with E-state index in [0.29, 0.717) is 29.4 Å². The normalized spacial score (nSPS) is 17.8. The number of ether oxygens (including phenoxy) is 1. The fourth-order valence-electron chi connectivity index (χ4n) is 4.51. The number of rotatable bonds is 8. The van der Waals surface area contributed by atoms with Gasteiger partial charge in [-0.3, -0.25) is 4.79 Å². The SMILES string of the molecule is COC(=O)[C@H](C)NC(=O)c1cnc(NC2CCC2)nc1N1CC(c2ccccc2)C(c2ccc(Cl)cc2)=N1. The first-order chi connectivity index (χ1) is 18.4. The summed E-state index contributed by atoms with van der Waals surface area (Å²) in [6.07, 6.45) is 4.75. The third kappa shape index (κ3) is 5.47. The van der Waals surface area contributed by atoms with E-state index in [0.717, 1.165) is 36.1 Å². The molecule has 38 heavy (non-hydrogen) atoms. The van der Waals surface area contributed by atoms with E-state index in [9.17, 15) is 9.59 Å². The quantitative estimate of drug-likeness (QED) is 0.414. The number of nitrogens with one attached hydrogen (secondary N) is 2. The number of carbonyl (C=O) groups is 2. The van der Waals surface area contributed by atoms with Crippen LogP contribution < -0.4 is 15.6 Å². The van der Waals surface area contributed by atoms with Gasteiger partial charge in [0.15, 0.2) is 5.82 Å². The van der Waals surface area contributed by atoms with Crippen LogP contribution in [0.15, 0.2) is 65.9 Å². The van der Waals surface area contributed by atoms with Crippen molar-refractivity contribution in [3.63, 3.8) is 0 Å². The molecule has 9 nitrogen and oxygen atoms in total. The van der Waals surface area contributed by atoms with Gasteiger partial charge in [-0.05, 0) is 49.4 Å². The van der Waals surface area contributed by atoms with E-state index in [1.807, 2.05) is 42.5 Å². The third-order valence-corrected chi connectivity index (χ3v) is 7.11. The number of hydrogen-bond acceptors (Lipinski definition) is 8. The zero-order valence-electron chi connectivity index (χ0n) is 21.2. The molecule has 0 saturated heterocycles. The summed E-state index contributed by atoms with van der Waals surface area (Å²) in [6, 6.07) is 17.1. The lowest BCUT2D eigenvalue weighted by Crippen LogP contribution is -2.40. The Morgan fingerprint density at radius 1 is 1.11 bits per heavy atom. The van der Waals surface area contributed by atoms with E-state index in [2.05, 4.69) is 27.8 Å². The summed E-state index contributed by atoms with van der Waals surface area (Å²) in [5, 5.41) is 13.4. The summed E-state index contributed by atoms with van der Waals surface area (Å²) >= 11 is 6.15. The molecule has 1 amide bonds. The highest BCUT2D eigenvalue weighted by atomic mass is 35.5. The van der Waals surface area contributed by atoms with Crippen LogP contribution >= 0.6 is 11.6 Å². The number of methoxy groups -OCH3 is 1. The molecule has 196 valence electrons. The lowest BCUT2D eigenvalue weighted by atomic mass is 9.90. The van der Waals surface area contributed by atoms with Crippen LogP contribution in [0.3, 0.4) is 0 Å². The minimum absolute atomic E-state index is 0.0692. The molecule has 1 saturated carbocycles. The van der Waals surface area contributed by atoms with Crippen molar-refractivity contribution in [2.24, 2.45) is 5.10 Å². The van der Waals surface area contributed by atoms with Gasteiger partial charge in [0.05, 0.1) is 19.4 Å². The van der Waals surface area contributed by atoms with Gasteiger partial charge in [0.25, 0.3) is 5.91 Å². The molecule has 0 spiro atoms. The molecule has 0 bridgehead atoms. The average molecular weight is 533 g/mol. The molecule has 1 unspecified atom stereocenters. The Kier molecular flexibility index (Phi) is 7.55. The molecule has 1 aliphatic carbocycles. The van der Waals surface area contributed by atoms with Crippen molar-refractivity contribution >= 4 is 41.0 Å². The third-order valence-electron chi connectivity index (χ3n) is 6.85. The molecule has 2 N–H and O–H groups in total. The zero-order chi connectivity index (χ0) is 26.6. The largest absolute Gasteiger partial charge is 0.467 e. The van der Waals surface area contributed by atoms with E-state index in [-0.39, 0.29) is 11.5 Å². The molecule has 2 atom stereocenters. The highest BCUT2D eigenvalue weighted by Gasteiger charge is 2.33. The summed E-state index contributed by atoms with van der Waals surface area (Å²) in [5.74, 6) is -0.299. The first-order valence-electron chi connectivity index (χ1n) is 12.6. The molecule has 5 rings (SSSR count). The number of benzene rings is 2. The van der Waals surface area contributed by atoms with Crippen molar-refractivity contribution in [3.8, 4) is 0 Å². The monoisotopic (exact) mass is 532 g/mol. The van der Waals surface area contributed by atoms with Crippen LogP contribution in [0.2, 0.25) is 5.02 Å². The number of aromatic nitrogens is 2. The van der Waals surface area contributed by atoms with Gasteiger partial charge in [0, 0.05) is 23.2 Å². The van der Waals surface area contributed by atoms with Gasteiger partial charge in [-0.2, -0.15) is 10.1 Å². The molecule has 2 heterocycles. The number of hydrazone groups is 1. The summed E-state index contributed by atoms with van der Waals surface area (Å²) in [7, 11) is 1.28. The standard InChI is InChI=1S/C28H29ClN6O3/c1-17(27(37)38-2)31-26(36)22-15-30-28(32-21-9-6-10-21)33-25(22)35-16-23(18-7-4-3-5-8-18)24(34-35)19-11-13-20(29)14-12-19/h3-5,7-8,11-15,17,21,23H,6,9-10,16H2,1-2H3,(H,31,36)(H,30,32,33)/t17-,23?/m0/s1. The Bertz CT molecular complexity index is 1340. The number of amides is 1. The Balaban J connectivity index is 1.54. The molecular formula is C28H29ClN6O3. The molecule has 10 heteroatoms. The molecule has 1 aromatic heterocycles. The van der Waals surface area contributed by atoms with Crippen molar-refractivity contribution < 1.29 is 14.3 Å². The molecular weight excluding hydrogens is 504 g/mol. The summed E-state index contributed by atoms with van der Waals surface area (Å²) in [5.41, 5.74) is 3.08. The van der Waals surface area contributed by atoms with E-state index in [1.54, 1.807) is 11.9 Å². The van der Waals surface area contributed by atoms with Crippen LogP contribution in [-0.2, 0) is 9.53 Å². The van der Waals surface area contributed by atoms with Crippen LogP contribution in [0.1, 0.15) is 53.6 Å². The van der Waals surface area contributed by atoms with E-state index < -0.39 is 17.9 Å². The Morgan fingerprint density at radius 2 is 1.84 bits per heavy atom. The maximum Gasteiger partial charge on any atom is 0.328 e. The Morgan fingerprint density at radius 3 is 2.50 bits per heavy atom. The van der Waals surface area contributed by atoms with Gasteiger partial charge >= 0.3 is 5.97 Å². The summed E-state index contributed by atoms with van der Waals surface area (Å²) in [4.78, 5) is 34.4. The van der Waals surface area contributed by atoms with Crippen molar-refractivity contribution in [2.45, 2.75) is 44.2 Å². The van der Waals surface area contributed by atoms with Gasteiger partial charge in [0.2, 0.25) is 5.95 Å². The molecule has 2 aliphatic rings. The van der Waals surface area contributed by atoms with E-state index in [4.69, 9.17) is 26.4 Å². The van der Waals surface area contributed by atoms with Crippen molar-refractivity contribution in [1.82, 2.24) is 15.3 Å². The van der Waals surface area contributed by atoms with Gasteiger partial charge in [0.1, 0.15) is 11.6 Å². The fourth-order valence-corrected chi connectivity index (χ4v) is 4.63. The first-order valence-corrected chi connectivity index (χ1v) is 13.0. The van der Waals surface area contributed by atoms with Gasteiger partial charge in [-0.1, -0.05) is 54.1 Å². The topological polar surface area (TPSA) is 109 Å². The maximum atomic E-state index is 13.3. The molecule has 3 aromatic rings. The Hall–Kier alpha value is -3.98. The van der Waals surface area contributed by atoms with Crippen LogP contribution in [0.5, 0.6) is 0 Å². The lowest BCUT2D eigenvalue weighted by molar-refractivity contribution is -0.142. The van der Waals surface area contributed by atoms with Crippen LogP contribution in [0.25, 0.3) is 0 Å². The first kappa shape index (κ1) is 25.7.